The molecule has 1 aromatic heterocycles. The molecule has 0 saturated heterocycles. The second kappa shape index (κ2) is 12.6. The second-order valence-electron chi connectivity index (χ2n) is 10.4. The molecule has 11 heteroatoms. The van der Waals surface area contributed by atoms with Crippen molar-refractivity contribution < 1.29 is 28.7 Å². The third-order valence-corrected chi connectivity index (χ3v) is 6.57. The van der Waals surface area contributed by atoms with Crippen molar-refractivity contribution in [3.8, 4) is 5.88 Å². The molecule has 1 aliphatic heterocycles. The zero-order chi connectivity index (χ0) is 28.7. The first kappa shape index (κ1) is 29.4. The maximum absolute atomic E-state index is 13.3. The van der Waals surface area contributed by atoms with Crippen LogP contribution in [-0.4, -0.2) is 47.4 Å². The molecular formula is C28H36N4O7. The largest absolute Gasteiger partial charge is 0.476 e. The monoisotopic (exact) mass is 540 g/mol. The number of rotatable bonds is 12. The highest BCUT2D eigenvalue weighted by Gasteiger charge is 2.38. The van der Waals surface area contributed by atoms with E-state index in [0.717, 1.165) is 18.5 Å². The molecule has 2 aromatic rings. The van der Waals surface area contributed by atoms with Gasteiger partial charge in [-0.1, -0.05) is 26.0 Å². The summed E-state index contributed by atoms with van der Waals surface area (Å²) in [6.07, 6.45) is 2.29. The first-order valence-corrected chi connectivity index (χ1v) is 12.8. The summed E-state index contributed by atoms with van der Waals surface area (Å²) in [7, 11) is 1.25. The van der Waals surface area contributed by atoms with Crippen molar-refractivity contribution >= 4 is 17.6 Å². The maximum atomic E-state index is 13.3. The number of non-ortho nitro benzene ring substituents is 1. The minimum Gasteiger partial charge on any atom is -0.476 e. The summed E-state index contributed by atoms with van der Waals surface area (Å²) in [5, 5.41) is 21.4. The molecule has 0 saturated carbocycles. The predicted octanol–water partition coefficient (Wildman–Crippen LogP) is 4.85. The van der Waals surface area contributed by atoms with Crippen LogP contribution in [-0.2, 0) is 19.1 Å². The Morgan fingerprint density at radius 2 is 1.77 bits per heavy atom. The molecule has 3 rings (SSSR count). The summed E-state index contributed by atoms with van der Waals surface area (Å²) in [5.41, 5.74) is 2.52. The summed E-state index contributed by atoms with van der Waals surface area (Å²) in [6.45, 7) is 10.2. The molecule has 210 valence electrons. The van der Waals surface area contributed by atoms with Gasteiger partial charge in [-0.15, -0.1) is 5.10 Å². The Morgan fingerprint density at radius 3 is 2.38 bits per heavy atom. The lowest BCUT2D eigenvalue weighted by Gasteiger charge is -2.30. The van der Waals surface area contributed by atoms with E-state index >= 15 is 0 Å². The van der Waals surface area contributed by atoms with Crippen LogP contribution >= 0.6 is 0 Å². The van der Waals surface area contributed by atoms with Crippen molar-refractivity contribution in [1.82, 2.24) is 15.5 Å². The number of carbonyl (C=O) groups excluding carboxylic acids is 2. The van der Waals surface area contributed by atoms with Crippen molar-refractivity contribution in [3.63, 3.8) is 0 Å². The Bertz CT molecular complexity index is 1290. The van der Waals surface area contributed by atoms with Gasteiger partial charge in [-0.05, 0) is 51.0 Å². The number of nitrogens with zero attached hydrogens (tertiary/aromatic N) is 2. The number of aromatic nitrogens is 2. The molecule has 0 fully saturated rings. The SMILES string of the molecule is COC(=O)C1=C(C)NC(C)=C(C(=O)OCCCCC(C)(C)COc2cc(C)[nH]n2)C1c1cccc([N+](=O)[O-])c1. The summed E-state index contributed by atoms with van der Waals surface area (Å²) in [5.74, 6) is -1.55. The number of hydrogen-bond acceptors (Lipinski definition) is 9. The highest BCUT2D eigenvalue weighted by Crippen LogP contribution is 2.40. The summed E-state index contributed by atoms with van der Waals surface area (Å²) >= 11 is 0. The van der Waals surface area contributed by atoms with E-state index in [1.54, 1.807) is 19.9 Å². The Labute approximate surface area is 227 Å². The fourth-order valence-electron chi connectivity index (χ4n) is 4.55. The van der Waals surface area contributed by atoms with Crippen molar-refractivity contribution in [1.29, 1.82) is 0 Å². The van der Waals surface area contributed by atoms with Crippen LogP contribution in [0.15, 0.2) is 52.9 Å². The quantitative estimate of drug-likeness (QED) is 0.167. The van der Waals surface area contributed by atoms with E-state index in [1.165, 1.54) is 25.3 Å². The van der Waals surface area contributed by atoms with Gasteiger partial charge < -0.3 is 19.5 Å². The van der Waals surface area contributed by atoms with Gasteiger partial charge >= 0.3 is 11.9 Å². The van der Waals surface area contributed by atoms with Gasteiger partial charge in [0.2, 0.25) is 5.88 Å². The third-order valence-electron chi connectivity index (χ3n) is 6.57. The normalized spacial score (nSPS) is 15.6. The molecule has 0 radical (unpaired) electrons. The molecule has 39 heavy (non-hydrogen) atoms. The number of ether oxygens (including phenoxy) is 3. The fraction of sp³-hybridized carbons (Fsp3) is 0.464. The smallest absolute Gasteiger partial charge is 0.336 e. The van der Waals surface area contributed by atoms with Gasteiger partial charge in [0.25, 0.3) is 5.69 Å². The van der Waals surface area contributed by atoms with Crippen LogP contribution < -0.4 is 10.1 Å². The van der Waals surface area contributed by atoms with Gasteiger partial charge in [0.15, 0.2) is 0 Å². The number of carbonyl (C=O) groups is 2. The molecule has 1 atom stereocenters. The van der Waals surface area contributed by atoms with Crippen LogP contribution in [0.4, 0.5) is 5.69 Å². The predicted molar refractivity (Wildman–Crippen MR) is 144 cm³/mol. The van der Waals surface area contributed by atoms with Crippen LogP contribution in [0.25, 0.3) is 0 Å². The number of unbranched alkanes of at least 4 members (excludes halogenated alkanes) is 1. The third kappa shape index (κ3) is 7.46. The molecule has 1 aromatic carbocycles. The van der Waals surface area contributed by atoms with Gasteiger partial charge in [-0.25, -0.2) is 9.59 Å². The number of aryl methyl sites for hydroxylation is 1. The van der Waals surface area contributed by atoms with Crippen molar-refractivity contribution in [2.45, 2.75) is 59.8 Å². The lowest BCUT2D eigenvalue weighted by atomic mass is 9.80. The van der Waals surface area contributed by atoms with E-state index in [-0.39, 0.29) is 28.9 Å². The summed E-state index contributed by atoms with van der Waals surface area (Å²) in [6, 6.07) is 7.73. The molecule has 0 amide bonds. The summed E-state index contributed by atoms with van der Waals surface area (Å²) in [4.78, 5) is 37.0. The van der Waals surface area contributed by atoms with Gasteiger partial charge in [-0.3, -0.25) is 15.2 Å². The van der Waals surface area contributed by atoms with Crippen molar-refractivity contribution in [3.05, 3.63) is 74.2 Å². The van der Waals surface area contributed by atoms with Gasteiger partial charge in [0, 0.05) is 35.3 Å². The van der Waals surface area contributed by atoms with Crippen LogP contribution in [0, 0.1) is 22.5 Å². The number of hydrogen-bond donors (Lipinski definition) is 2. The number of benzene rings is 1. The van der Waals surface area contributed by atoms with Crippen LogP contribution in [0.1, 0.15) is 64.1 Å². The van der Waals surface area contributed by atoms with E-state index in [9.17, 15) is 19.7 Å². The van der Waals surface area contributed by atoms with E-state index in [1.807, 2.05) is 13.0 Å². The Balaban J connectivity index is 1.67. The molecule has 2 heterocycles. The van der Waals surface area contributed by atoms with Crippen LogP contribution in [0.2, 0.25) is 0 Å². The van der Waals surface area contributed by atoms with Gasteiger partial charge in [-0.2, -0.15) is 0 Å². The van der Waals surface area contributed by atoms with Crippen LogP contribution in [0.5, 0.6) is 5.88 Å². The summed E-state index contributed by atoms with van der Waals surface area (Å²) < 4.78 is 16.4. The number of aromatic amines is 1. The standard InChI is InChI=1S/C28H36N4O7/c1-17-14-22(31-30-17)39-16-28(4,5)12-7-8-13-38-27(34)24-19(3)29-18(2)23(26(33)37-6)25(24)20-10-9-11-21(15-20)32(35)36/h9-11,14-15,25,29H,7-8,12-13,16H2,1-6H3,(H,30,31). The molecule has 0 bridgehead atoms. The number of nitrogens with one attached hydrogen (secondary N) is 2. The molecule has 1 aliphatic rings. The Morgan fingerprint density at radius 1 is 1.08 bits per heavy atom. The van der Waals surface area contributed by atoms with E-state index < -0.39 is 22.8 Å². The average Bonchev–Trinajstić information content (AvgIpc) is 3.31. The number of dihydropyridines is 1. The van der Waals surface area contributed by atoms with Crippen molar-refractivity contribution in [2.24, 2.45) is 5.41 Å². The minimum absolute atomic E-state index is 0.103. The number of nitro benzene ring substituents is 1. The number of esters is 2. The van der Waals surface area contributed by atoms with Gasteiger partial charge in [0.05, 0.1) is 42.3 Å². The zero-order valence-corrected chi connectivity index (χ0v) is 23.3. The maximum Gasteiger partial charge on any atom is 0.336 e. The molecule has 11 nitrogen and oxygen atoms in total. The molecule has 2 N–H and O–H groups in total. The van der Waals surface area contributed by atoms with E-state index in [4.69, 9.17) is 14.2 Å². The lowest BCUT2D eigenvalue weighted by molar-refractivity contribution is -0.384. The first-order valence-electron chi connectivity index (χ1n) is 12.8. The molecule has 1 unspecified atom stereocenters. The minimum atomic E-state index is -0.882. The van der Waals surface area contributed by atoms with Gasteiger partial charge in [0.1, 0.15) is 0 Å². The van der Waals surface area contributed by atoms with Crippen LogP contribution in [0.3, 0.4) is 0 Å². The molecule has 0 aliphatic carbocycles. The molecular weight excluding hydrogens is 504 g/mol. The number of methoxy groups -OCH3 is 1. The Kier molecular flexibility index (Phi) is 9.50. The highest BCUT2D eigenvalue weighted by molar-refractivity contribution is 5.99. The highest BCUT2D eigenvalue weighted by atomic mass is 16.6. The second-order valence-corrected chi connectivity index (χ2v) is 10.4. The Hall–Kier alpha value is -4.15. The molecule has 0 spiro atoms. The first-order chi connectivity index (χ1) is 18.4. The van der Waals surface area contributed by atoms with Crippen molar-refractivity contribution in [2.75, 3.05) is 20.3 Å². The topological polar surface area (TPSA) is 146 Å². The number of nitro groups is 1. The average molecular weight is 541 g/mol. The van der Waals surface area contributed by atoms with E-state index in [2.05, 4.69) is 29.4 Å². The number of H-pyrrole nitrogens is 1. The zero-order valence-electron chi connectivity index (χ0n) is 23.3. The van der Waals surface area contributed by atoms with E-state index in [0.29, 0.717) is 35.9 Å². The number of allylic oxidation sites excluding steroid dienone is 2. The lowest BCUT2D eigenvalue weighted by Crippen LogP contribution is -2.32. The fourth-order valence-corrected chi connectivity index (χ4v) is 4.55.